The molecule has 0 aromatic carbocycles. The molecule has 15 heavy (non-hydrogen) atoms. The van der Waals surface area contributed by atoms with Gasteiger partial charge >= 0.3 is 7.60 Å². The highest BCUT2D eigenvalue weighted by atomic mass is 31.2. The Balaban J connectivity index is 4.39. The Morgan fingerprint density at radius 3 is 2.60 bits per heavy atom. The summed E-state index contributed by atoms with van der Waals surface area (Å²) < 4.78 is 22.6. The lowest BCUT2D eigenvalue weighted by molar-refractivity contribution is 0.126. The fourth-order valence-corrected chi connectivity index (χ4v) is 2.33. The largest absolute Gasteiger partial charge is 0.331 e. The average molecular weight is 230 g/mol. The van der Waals surface area contributed by atoms with Gasteiger partial charge in [0, 0.05) is 6.16 Å². The summed E-state index contributed by atoms with van der Waals surface area (Å²) in [5.74, 6) is 2.43. The van der Waals surface area contributed by atoms with E-state index in [1.807, 2.05) is 0 Å². The van der Waals surface area contributed by atoms with Crippen molar-refractivity contribution < 1.29 is 13.6 Å². The molecule has 1 unspecified atom stereocenters. The van der Waals surface area contributed by atoms with Crippen molar-refractivity contribution in [2.45, 2.75) is 32.8 Å². The van der Waals surface area contributed by atoms with Gasteiger partial charge in [0.1, 0.15) is 5.60 Å². The molecule has 0 aliphatic carbocycles. The third kappa shape index (κ3) is 5.79. The minimum Gasteiger partial charge on any atom is -0.308 e. The zero-order chi connectivity index (χ0) is 11.9. The Hall–Kier alpha value is -0.550. The first-order chi connectivity index (χ1) is 6.89. The second-order valence-corrected chi connectivity index (χ2v) is 5.88. The molecule has 0 amide bonds. The highest BCUT2D eigenvalue weighted by Gasteiger charge is 2.30. The van der Waals surface area contributed by atoms with Gasteiger partial charge in [-0.1, -0.05) is 18.9 Å². The van der Waals surface area contributed by atoms with Crippen LogP contribution in [0.25, 0.3) is 0 Å². The van der Waals surface area contributed by atoms with E-state index in [1.54, 1.807) is 26.8 Å². The average Bonchev–Trinajstić information content (AvgIpc) is 2.18. The minimum atomic E-state index is -3.06. The lowest BCUT2D eigenvalue weighted by atomic mass is 10.2. The van der Waals surface area contributed by atoms with Gasteiger partial charge in [0.25, 0.3) is 0 Å². The second-order valence-electron chi connectivity index (χ2n) is 3.58. The third-order valence-corrected chi connectivity index (χ3v) is 3.80. The van der Waals surface area contributed by atoms with Crippen LogP contribution in [-0.2, 0) is 13.6 Å². The molecule has 0 saturated heterocycles. The summed E-state index contributed by atoms with van der Waals surface area (Å²) in [6, 6.07) is 0. The van der Waals surface area contributed by atoms with Crippen LogP contribution in [0.1, 0.15) is 27.2 Å². The van der Waals surface area contributed by atoms with Crippen molar-refractivity contribution in [1.29, 1.82) is 0 Å². The molecule has 0 N–H and O–H groups in total. The fraction of sp³-hybridized carbons (Fsp3) is 0.636. The van der Waals surface area contributed by atoms with Crippen LogP contribution in [0.2, 0.25) is 0 Å². The monoisotopic (exact) mass is 230 g/mol. The number of hydrogen-bond donors (Lipinski definition) is 0. The topological polar surface area (TPSA) is 35.5 Å². The maximum absolute atomic E-state index is 12.1. The molecule has 1 atom stereocenters. The van der Waals surface area contributed by atoms with Gasteiger partial charge in [-0.3, -0.25) is 9.09 Å². The minimum absolute atomic E-state index is 0.315. The van der Waals surface area contributed by atoms with Crippen molar-refractivity contribution >= 4 is 7.60 Å². The van der Waals surface area contributed by atoms with Gasteiger partial charge in [-0.05, 0) is 20.3 Å². The molecule has 4 heteroatoms. The smallest absolute Gasteiger partial charge is 0.308 e. The predicted molar refractivity (Wildman–Crippen MR) is 62.9 cm³/mol. The van der Waals surface area contributed by atoms with E-state index >= 15 is 0 Å². The Morgan fingerprint density at radius 2 is 2.20 bits per heavy atom. The van der Waals surface area contributed by atoms with Gasteiger partial charge in [0.15, 0.2) is 0 Å². The van der Waals surface area contributed by atoms with Crippen molar-refractivity contribution in [2.24, 2.45) is 0 Å². The Kier molecular flexibility index (Phi) is 5.90. The van der Waals surface area contributed by atoms with Crippen molar-refractivity contribution in [3.05, 3.63) is 12.7 Å². The van der Waals surface area contributed by atoms with E-state index in [0.717, 1.165) is 0 Å². The number of hydrogen-bond acceptors (Lipinski definition) is 3. The summed E-state index contributed by atoms with van der Waals surface area (Å²) in [7, 11) is -3.06. The third-order valence-electron chi connectivity index (χ3n) is 1.71. The molecule has 0 rings (SSSR count). The molecule has 0 heterocycles. The second kappa shape index (κ2) is 6.12. The molecule has 0 fully saturated rings. The molecule has 0 aromatic rings. The van der Waals surface area contributed by atoms with Crippen LogP contribution in [0.5, 0.6) is 0 Å². The van der Waals surface area contributed by atoms with E-state index in [4.69, 9.17) is 15.5 Å². The maximum atomic E-state index is 12.1. The fourth-order valence-electron chi connectivity index (χ4n) is 0.831. The van der Waals surface area contributed by atoms with Gasteiger partial charge in [-0.2, -0.15) is 0 Å². The standard InChI is InChI=1S/C11H19O3P/c1-6-9-10-13-15(12,8-3)14-11(4,5)7-2/h2,6H,1,8-10H2,3-5H3. The van der Waals surface area contributed by atoms with E-state index in [1.165, 1.54) is 0 Å². The van der Waals surface area contributed by atoms with Crippen LogP contribution in [0, 0.1) is 12.3 Å². The molecule has 0 aliphatic heterocycles. The summed E-state index contributed by atoms with van der Waals surface area (Å²) in [4.78, 5) is 0. The molecule has 0 spiro atoms. The SMILES string of the molecule is C#CC(C)(C)OP(=O)(CC)OCCC=C. The number of rotatable bonds is 7. The molecular weight excluding hydrogens is 211 g/mol. The van der Waals surface area contributed by atoms with Crippen molar-refractivity contribution in [2.75, 3.05) is 12.8 Å². The van der Waals surface area contributed by atoms with E-state index in [2.05, 4.69) is 12.5 Å². The Morgan fingerprint density at radius 1 is 1.60 bits per heavy atom. The van der Waals surface area contributed by atoms with Gasteiger partial charge in [0.05, 0.1) is 6.61 Å². The molecule has 0 saturated carbocycles. The molecule has 0 aliphatic rings. The summed E-state index contributed by atoms with van der Waals surface area (Å²) in [6.45, 7) is 9.02. The van der Waals surface area contributed by atoms with Gasteiger partial charge in [0.2, 0.25) is 0 Å². The summed E-state index contributed by atoms with van der Waals surface area (Å²) in [6.07, 6.45) is 7.91. The van der Waals surface area contributed by atoms with Crippen LogP contribution in [0.4, 0.5) is 0 Å². The van der Waals surface area contributed by atoms with E-state index < -0.39 is 13.2 Å². The summed E-state index contributed by atoms with van der Waals surface area (Å²) >= 11 is 0. The van der Waals surface area contributed by atoms with Gasteiger partial charge in [-0.25, -0.2) is 0 Å². The highest BCUT2D eigenvalue weighted by molar-refractivity contribution is 7.53. The van der Waals surface area contributed by atoms with Crippen LogP contribution in [0.15, 0.2) is 12.7 Å². The van der Waals surface area contributed by atoms with E-state index in [-0.39, 0.29) is 0 Å². The predicted octanol–water partition coefficient (Wildman–Crippen LogP) is 3.22. The molecular formula is C11H19O3P. The first-order valence-corrected chi connectivity index (χ1v) is 6.65. The van der Waals surface area contributed by atoms with Gasteiger partial charge in [-0.15, -0.1) is 13.0 Å². The zero-order valence-electron chi connectivity index (χ0n) is 9.66. The van der Waals surface area contributed by atoms with Gasteiger partial charge < -0.3 is 4.52 Å². The van der Waals surface area contributed by atoms with Crippen LogP contribution < -0.4 is 0 Å². The first kappa shape index (κ1) is 14.5. The molecule has 86 valence electrons. The zero-order valence-corrected chi connectivity index (χ0v) is 10.5. The van der Waals surface area contributed by atoms with E-state index in [9.17, 15) is 4.57 Å². The first-order valence-electron chi connectivity index (χ1n) is 4.92. The summed E-state index contributed by atoms with van der Waals surface area (Å²) in [5.41, 5.74) is -0.861. The molecule has 0 aromatic heterocycles. The molecule has 0 bridgehead atoms. The van der Waals surface area contributed by atoms with Crippen LogP contribution >= 0.6 is 7.60 Å². The van der Waals surface area contributed by atoms with Crippen molar-refractivity contribution in [3.63, 3.8) is 0 Å². The molecule has 3 nitrogen and oxygen atoms in total. The Bertz CT molecular complexity index is 289. The Labute approximate surface area is 92.4 Å². The molecule has 0 radical (unpaired) electrons. The number of terminal acetylenes is 1. The normalized spacial score (nSPS) is 15.3. The van der Waals surface area contributed by atoms with Crippen molar-refractivity contribution in [3.8, 4) is 12.3 Å². The quantitative estimate of drug-likeness (QED) is 0.291. The maximum Gasteiger partial charge on any atom is 0.331 e. The highest BCUT2D eigenvalue weighted by Crippen LogP contribution is 2.51. The van der Waals surface area contributed by atoms with Crippen molar-refractivity contribution in [1.82, 2.24) is 0 Å². The lowest BCUT2D eigenvalue weighted by Crippen LogP contribution is -2.21. The lowest BCUT2D eigenvalue weighted by Gasteiger charge is -2.25. The van der Waals surface area contributed by atoms with Crippen LogP contribution in [-0.4, -0.2) is 18.4 Å². The van der Waals surface area contributed by atoms with Crippen LogP contribution in [0.3, 0.4) is 0 Å². The summed E-state index contributed by atoms with van der Waals surface area (Å²) in [5, 5.41) is 0. The van der Waals surface area contributed by atoms with E-state index in [0.29, 0.717) is 19.2 Å².